The zero-order valence-electron chi connectivity index (χ0n) is 16.6. The van der Waals surface area contributed by atoms with Gasteiger partial charge in [-0.2, -0.15) is 0 Å². The van der Waals surface area contributed by atoms with E-state index in [1.165, 1.54) is 17.7 Å². The van der Waals surface area contributed by atoms with Crippen LogP contribution in [-0.4, -0.2) is 36.6 Å². The summed E-state index contributed by atoms with van der Waals surface area (Å²) in [5.41, 5.74) is 4.81. The van der Waals surface area contributed by atoms with E-state index in [-0.39, 0.29) is 12.1 Å². The largest absolute Gasteiger partial charge is 0.374 e. The normalized spacial score (nSPS) is 14.6. The highest BCUT2D eigenvalue weighted by Crippen LogP contribution is 2.29. The van der Waals surface area contributed by atoms with Gasteiger partial charge in [0, 0.05) is 32.9 Å². The Kier molecular flexibility index (Phi) is 5.22. The topological polar surface area (TPSA) is 48.5 Å². The Hall–Kier alpha value is -2.60. The summed E-state index contributed by atoms with van der Waals surface area (Å²) in [6, 6.07) is 14.4. The minimum absolute atomic E-state index is 0.0745. The van der Waals surface area contributed by atoms with E-state index in [1.807, 2.05) is 32.2 Å². The molecule has 2 amide bonds. The molecule has 3 aromatic rings. The maximum atomic E-state index is 12.7. The van der Waals surface area contributed by atoms with Crippen LogP contribution in [-0.2, 0) is 13.0 Å². The summed E-state index contributed by atoms with van der Waals surface area (Å²) < 4.78 is 1.15. The van der Waals surface area contributed by atoms with E-state index < -0.39 is 0 Å². The molecule has 5 nitrogen and oxygen atoms in total. The lowest BCUT2D eigenvalue weighted by atomic mass is 9.99. The standard InChI is InChI=1S/C22H26N4OS/c1-15(21-24-18-8-4-5-9-20(18)28-21)26(3)22(27)23-14-16-10-11-19-17(13-16)7-6-12-25(19)2/h4-5,8-11,13,15H,6-7,12,14H2,1-3H3,(H,23,27)/t15-/m0/s1. The summed E-state index contributed by atoms with van der Waals surface area (Å²) >= 11 is 1.64. The molecule has 4 rings (SSSR count). The highest BCUT2D eigenvalue weighted by atomic mass is 32.1. The molecule has 0 saturated heterocycles. The lowest BCUT2D eigenvalue weighted by Gasteiger charge is -2.28. The first-order valence-corrected chi connectivity index (χ1v) is 10.5. The van der Waals surface area contributed by atoms with Gasteiger partial charge in [0.2, 0.25) is 0 Å². The molecule has 0 bridgehead atoms. The lowest BCUT2D eigenvalue weighted by molar-refractivity contribution is 0.194. The van der Waals surface area contributed by atoms with Crippen LogP contribution in [0.2, 0.25) is 0 Å². The van der Waals surface area contributed by atoms with E-state index >= 15 is 0 Å². The van der Waals surface area contributed by atoms with Gasteiger partial charge in [0.25, 0.3) is 0 Å². The van der Waals surface area contributed by atoms with Crippen LogP contribution in [0.4, 0.5) is 10.5 Å². The van der Waals surface area contributed by atoms with Crippen molar-refractivity contribution in [2.24, 2.45) is 0 Å². The van der Waals surface area contributed by atoms with Gasteiger partial charge >= 0.3 is 6.03 Å². The average Bonchev–Trinajstić information content (AvgIpc) is 3.15. The highest BCUT2D eigenvalue weighted by Gasteiger charge is 2.21. The fourth-order valence-electron chi connectivity index (χ4n) is 3.66. The van der Waals surface area contributed by atoms with Gasteiger partial charge in [-0.05, 0) is 49.1 Å². The molecular weight excluding hydrogens is 368 g/mol. The van der Waals surface area contributed by atoms with Crippen molar-refractivity contribution >= 4 is 33.3 Å². The van der Waals surface area contributed by atoms with Gasteiger partial charge in [-0.15, -0.1) is 11.3 Å². The van der Waals surface area contributed by atoms with Crippen LogP contribution in [0.5, 0.6) is 0 Å². The number of thiazole rings is 1. The van der Waals surface area contributed by atoms with Crippen LogP contribution in [0.25, 0.3) is 10.2 Å². The number of hydrogen-bond acceptors (Lipinski definition) is 4. The first-order valence-electron chi connectivity index (χ1n) is 9.72. The predicted octanol–water partition coefficient (Wildman–Crippen LogP) is 4.58. The number of aryl methyl sites for hydroxylation is 1. The van der Waals surface area contributed by atoms with E-state index in [4.69, 9.17) is 0 Å². The number of para-hydroxylation sites is 1. The molecule has 0 radical (unpaired) electrons. The van der Waals surface area contributed by atoms with Gasteiger partial charge < -0.3 is 15.1 Å². The summed E-state index contributed by atoms with van der Waals surface area (Å²) in [6.45, 7) is 3.66. The number of fused-ring (bicyclic) bond motifs is 2. The molecule has 1 aromatic heterocycles. The quantitative estimate of drug-likeness (QED) is 0.705. The first-order chi connectivity index (χ1) is 13.5. The molecule has 146 valence electrons. The van der Waals surface area contributed by atoms with Crippen LogP contribution in [0.1, 0.15) is 35.5 Å². The molecule has 1 atom stereocenters. The monoisotopic (exact) mass is 394 g/mol. The molecule has 28 heavy (non-hydrogen) atoms. The Labute approximate surface area is 170 Å². The van der Waals surface area contributed by atoms with Crippen molar-refractivity contribution in [1.29, 1.82) is 0 Å². The molecular formula is C22H26N4OS. The van der Waals surface area contributed by atoms with Crippen molar-refractivity contribution in [2.45, 2.75) is 32.4 Å². The molecule has 0 aliphatic carbocycles. The maximum absolute atomic E-state index is 12.7. The Morgan fingerprint density at radius 3 is 2.96 bits per heavy atom. The molecule has 0 spiro atoms. The molecule has 1 aliphatic rings. The second kappa shape index (κ2) is 7.80. The number of nitrogens with one attached hydrogen (secondary N) is 1. The molecule has 2 heterocycles. The number of amides is 2. The minimum atomic E-state index is -0.0819. The van der Waals surface area contributed by atoms with Gasteiger partial charge in [-0.25, -0.2) is 9.78 Å². The van der Waals surface area contributed by atoms with Gasteiger partial charge in [-0.1, -0.05) is 24.3 Å². The SMILES string of the molecule is C[C@@H](c1nc2ccccc2s1)N(C)C(=O)NCc1ccc2c(c1)CCCN2C. The predicted molar refractivity (Wildman–Crippen MR) is 116 cm³/mol. The smallest absolute Gasteiger partial charge is 0.317 e. The van der Waals surface area contributed by atoms with Crippen LogP contribution in [0, 0.1) is 0 Å². The Bertz CT molecular complexity index is 966. The molecule has 0 unspecified atom stereocenters. The van der Waals surface area contributed by atoms with Crippen molar-refractivity contribution in [3.63, 3.8) is 0 Å². The van der Waals surface area contributed by atoms with E-state index in [9.17, 15) is 4.79 Å². The van der Waals surface area contributed by atoms with Gasteiger partial charge in [-0.3, -0.25) is 0 Å². The van der Waals surface area contributed by atoms with E-state index in [0.29, 0.717) is 6.54 Å². The van der Waals surface area contributed by atoms with Crippen LogP contribution in [0.3, 0.4) is 0 Å². The summed E-state index contributed by atoms with van der Waals surface area (Å²) in [4.78, 5) is 21.4. The van der Waals surface area contributed by atoms with E-state index in [2.05, 4.69) is 46.5 Å². The molecule has 6 heteroatoms. The number of nitrogens with zero attached hydrogens (tertiary/aromatic N) is 3. The third kappa shape index (κ3) is 3.69. The van der Waals surface area contributed by atoms with Crippen LogP contribution >= 0.6 is 11.3 Å². The lowest BCUT2D eigenvalue weighted by Crippen LogP contribution is -2.38. The van der Waals surface area contributed by atoms with Crippen LogP contribution < -0.4 is 10.2 Å². The van der Waals surface area contributed by atoms with E-state index in [1.54, 1.807) is 16.2 Å². The van der Waals surface area contributed by atoms with Crippen LogP contribution in [0.15, 0.2) is 42.5 Å². The molecule has 0 saturated carbocycles. The third-order valence-electron chi connectivity index (χ3n) is 5.51. The van der Waals surface area contributed by atoms with Crippen molar-refractivity contribution in [3.05, 3.63) is 58.6 Å². The second-order valence-corrected chi connectivity index (χ2v) is 8.52. The number of rotatable bonds is 4. The van der Waals surface area contributed by atoms with Crippen molar-refractivity contribution < 1.29 is 4.79 Å². The summed E-state index contributed by atoms with van der Waals surface area (Å²) in [5, 5.41) is 4.01. The zero-order valence-corrected chi connectivity index (χ0v) is 17.4. The van der Waals surface area contributed by atoms with Gasteiger partial charge in [0.15, 0.2) is 0 Å². The van der Waals surface area contributed by atoms with Gasteiger partial charge in [0.1, 0.15) is 5.01 Å². The number of carbonyl (C=O) groups excluding carboxylic acids is 1. The Morgan fingerprint density at radius 1 is 1.32 bits per heavy atom. The van der Waals surface area contributed by atoms with Crippen molar-refractivity contribution in [2.75, 3.05) is 25.5 Å². The fourth-order valence-corrected chi connectivity index (χ4v) is 4.72. The Balaban J connectivity index is 1.40. The zero-order chi connectivity index (χ0) is 19.7. The second-order valence-electron chi connectivity index (χ2n) is 7.45. The number of urea groups is 1. The summed E-state index contributed by atoms with van der Waals surface area (Å²) in [5.74, 6) is 0. The first kappa shape index (κ1) is 18.7. The van der Waals surface area contributed by atoms with Gasteiger partial charge in [0.05, 0.1) is 16.3 Å². The molecule has 0 fully saturated rings. The third-order valence-corrected chi connectivity index (χ3v) is 6.71. The molecule has 1 aliphatic heterocycles. The maximum Gasteiger partial charge on any atom is 0.317 e. The number of carbonyl (C=O) groups is 1. The highest BCUT2D eigenvalue weighted by molar-refractivity contribution is 7.18. The number of aromatic nitrogens is 1. The Morgan fingerprint density at radius 2 is 2.14 bits per heavy atom. The van der Waals surface area contributed by atoms with Crippen molar-refractivity contribution in [3.8, 4) is 0 Å². The molecule has 1 N–H and O–H groups in total. The average molecular weight is 395 g/mol. The number of anilines is 1. The minimum Gasteiger partial charge on any atom is -0.374 e. The number of benzene rings is 2. The summed E-state index contributed by atoms with van der Waals surface area (Å²) in [7, 11) is 3.96. The fraction of sp³-hybridized carbons (Fsp3) is 0.364. The summed E-state index contributed by atoms with van der Waals surface area (Å²) in [6.07, 6.45) is 2.29. The van der Waals surface area contributed by atoms with E-state index in [0.717, 1.165) is 33.8 Å². The number of hydrogen-bond donors (Lipinski definition) is 1. The molecule has 2 aromatic carbocycles. The van der Waals surface area contributed by atoms with Crippen molar-refractivity contribution in [1.82, 2.24) is 15.2 Å².